The molecule has 0 aliphatic heterocycles. The Hall–Kier alpha value is -0.610. The molecule has 0 amide bonds. The summed E-state index contributed by atoms with van der Waals surface area (Å²) >= 11 is 1.15. The Morgan fingerprint density at radius 2 is 1.80 bits per heavy atom. The first-order chi connectivity index (χ1) is 9.12. The molecule has 0 saturated heterocycles. The lowest BCUT2D eigenvalue weighted by Gasteiger charge is -2.12. The van der Waals surface area contributed by atoms with E-state index in [1.165, 1.54) is 6.07 Å². The van der Waals surface area contributed by atoms with Gasteiger partial charge < -0.3 is 0 Å². The van der Waals surface area contributed by atoms with E-state index in [-0.39, 0.29) is 22.4 Å². The van der Waals surface area contributed by atoms with Crippen molar-refractivity contribution in [3.8, 4) is 0 Å². The fourth-order valence-electron chi connectivity index (χ4n) is 1.43. The average Bonchev–Trinajstić information content (AvgIpc) is 2.26. The standard InChI is InChI=1S/C11H18N2O4S3/c1-9(2)13-20(16,17)11-6-4-3-5-10(11)18-7-8-19(12,14)15/h3-6,9,13H,7-8H2,1-2H3,(H2,12,14,15). The molecule has 0 spiro atoms. The summed E-state index contributed by atoms with van der Waals surface area (Å²) in [5.74, 6) is -0.00327. The molecule has 114 valence electrons. The molecule has 0 aromatic heterocycles. The summed E-state index contributed by atoms with van der Waals surface area (Å²) in [7, 11) is -7.16. The molecule has 0 aliphatic rings. The molecule has 0 fully saturated rings. The van der Waals surface area contributed by atoms with Gasteiger partial charge in [-0.2, -0.15) is 0 Å². The lowest BCUT2D eigenvalue weighted by atomic mass is 10.4. The first-order valence-electron chi connectivity index (χ1n) is 5.86. The van der Waals surface area contributed by atoms with E-state index in [1.807, 2.05) is 0 Å². The summed E-state index contributed by atoms with van der Waals surface area (Å²) in [6.45, 7) is 3.46. The largest absolute Gasteiger partial charge is 0.241 e. The van der Waals surface area contributed by atoms with Gasteiger partial charge in [0.05, 0.1) is 10.6 Å². The SMILES string of the molecule is CC(C)NS(=O)(=O)c1ccccc1SCCS(N)(=O)=O. The highest BCUT2D eigenvalue weighted by Gasteiger charge is 2.19. The molecule has 9 heteroatoms. The smallest absolute Gasteiger partial charge is 0.229 e. The highest BCUT2D eigenvalue weighted by atomic mass is 32.2. The summed E-state index contributed by atoms with van der Waals surface area (Å²) in [6.07, 6.45) is 0. The summed E-state index contributed by atoms with van der Waals surface area (Å²) in [5, 5.41) is 4.92. The van der Waals surface area contributed by atoms with Crippen LogP contribution in [0, 0.1) is 0 Å². The molecular weight excluding hydrogens is 320 g/mol. The number of hydrogen-bond acceptors (Lipinski definition) is 5. The van der Waals surface area contributed by atoms with Crippen molar-refractivity contribution in [2.75, 3.05) is 11.5 Å². The van der Waals surface area contributed by atoms with Crippen molar-refractivity contribution in [2.24, 2.45) is 5.14 Å². The van der Waals surface area contributed by atoms with Crippen molar-refractivity contribution >= 4 is 31.8 Å². The second kappa shape index (κ2) is 6.90. The highest BCUT2D eigenvalue weighted by molar-refractivity contribution is 8.01. The minimum atomic E-state index is -3.61. The van der Waals surface area contributed by atoms with Crippen LogP contribution in [-0.2, 0) is 20.0 Å². The lowest BCUT2D eigenvalue weighted by molar-refractivity contribution is 0.567. The Kier molecular flexibility index (Phi) is 6.02. The summed E-state index contributed by atoms with van der Waals surface area (Å²) in [6, 6.07) is 6.24. The van der Waals surface area contributed by atoms with Crippen molar-refractivity contribution < 1.29 is 16.8 Å². The Bertz CT molecular complexity index is 654. The van der Waals surface area contributed by atoms with Crippen molar-refractivity contribution in [3.63, 3.8) is 0 Å². The van der Waals surface area contributed by atoms with Crippen LogP contribution in [0.2, 0.25) is 0 Å². The van der Waals surface area contributed by atoms with E-state index in [9.17, 15) is 16.8 Å². The topological polar surface area (TPSA) is 106 Å². The number of sulfonamides is 2. The molecule has 6 nitrogen and oxygen atoms in total. The highest BCUT2D eigenvalue weighted by Crippen LogP contribution is 2.26. The van der Waals surface area contributed by atoms with Gasteiger partial charge in [0.1, 0.15) is 0 Å². The molecule has 0 radical (unpaired) electrons. The van der Waals surface area contributed by atoms with Crippen molar-refractivity contribution in [1.29, 1.82) is 0 Å². The van der Waals surface area contributed by atoms with Crippen LogP contribution in [0.3, 0.4) is 0 Å². The van der Waals surface area contributed by atoms with Crippen LogP contribution in [0.1, 0.15) is 13.8 Å². The Morgan fingerprint density at radius 3 is 2.35 bits per heavy atom. The molecule has 0 heterocycles. The number of thioether (sulfide) groups is 1. The molecule has 0 atom stereocenters. The summed E-state index contributed by atoms with van der Waals surface area (Å²) in [5.41, 5.74) is 0. The Balaban J connectivity index is 2.94. The predicted molar refractivity (Wildman–Crippen MR) is 80.6 cm³/mol. The number of hydrogen-bond donors (Lipinski definition) is 2. The third-order valence-corrected chi connectivity index (χ3v) is 6.11. The van der Waals surface area contributed by atoms with Gasteiger partial charge in [-0.05, 0) is 26.0 Å². The van der Waals surface area contributed by atoms with Gasteiger partial charge in [0.2, 0.25) is 20.0 Å². The Labute approximate surface area is 124 Å². The van der Waals surface area contributed by atoms with E-state index < -0.39 is 20.0 Å². The number of benzene rings is 1. The van der Waals surface area contributed by atoms with Gasteiger partial charge in [-0.15, -0.1) is 11.8 Å². The molecule has 3 N–H and O–H groups in total. The van der Waals surface area contributed by atoms with E-state index in [1.54, 1.807) is 32.0 Å². The second-order valence-electron chi connectivity index (χ2n) is 4.44. The van der Waals surface area contributed by atoms with E-state index >= 15 is 0 Å². The van der Waals surface area contributed by atoms with Crippen LogP contribution in [0.5, 0.6) is 0 Å². The molecule has 20 heavy (non-hydrogen) atoms. The van der Waals surface area contributed by atoms with Gasteiger partial charge in [-0.25, -0.2) is 26.7 Å². The van der Waals surface area contributed by atoms with Gasteiger partial charge in [-0.1, -0.05) is 12.1 Å². The third-order valence-electron chi connectivity index (χ3n) is 2.15. The summed E-state index contributed by atoms with van der Waals surface area (Å²) < 4.78 is 48.6. The van der Waals surface area contributed by atoms with Gasteiger partial charge in [0.15, 0.2) is 0 Å². The first kappa shape index (κ1) is 17.4. The average molecular weight is 338 g/mol. The maximum atomic E-state index is 12.2. The van der Waals surface area contributed by atoms with Crippen molar-refractivity contribution in [3.05, 3.63) is 24.3 Å². The molecule has 0 saturated carbocycles. The quantitative estimate of drug-likeness (QED) is 0.714. The van der Waals surface area contributed by atoms with Crippen LogP contribution in [0.25, 0.3) is 0 Å². The molecule has 1 aromatic rings. The maximum absolute atomic E-state index is 12.2. The van der Waals surface area contributed by atoms with Crippen LogP contribution in [0.15, 0.2) is 34.1 Å². The van der Waals surface area contributed by atoms with E-state index in [2.05, 4.69) is 4.72 Å². The van der Waals surface area contributed by atoms with Crippen LogP contribution >= 0.6 is 11.8 Å². The van der Waals surface area contributed by atoms with Gasteiger partial charge in [0.25, 0.3) is 0 Å². The van der Waals surface area contributed by atoms with Crippen LogP contribution < -0.4 is 9.86 Å². The molecular formula is C11H18N2O4S3. The fraction of sp³-hybridized carbons (Fsp3) is 0.455. The monoisotopic (exact) mass is 338 g/mol. The Morgan fingerprint density at radius 1 is 1.20 bits per heavy atom. The van der Waals surface area contributed by atoms with E-state index in [4.69, 9.17) is 5.14 Å². The number of rotatable bonds is 7. The molecule has 1 aromatic carbocycles. The van der Waals surface area contributed by atoms with Crippen LogP contribution in [-0.4, -0.2) is 34.4 Å². The second-order valence-corrected chi connectivity index (χ2v) is 8.99. The number of primary sulfonamides is 1. The summed E-state index contributed by atoms with van der Waals surface area (Å²) in [4.78, 5) is 0.650. The normalized spacial score (nSPS) is 12.8. The molecule has 0 unspecified atom stereocenters. The minimum Gasteiger partial charge on any atom is -0.229 e. The van der Waals surface area contributed by atoms with E-state index in [0.717, 1.165) is 11.8 Å². The lowest BCUT2D eigenvalue weighted by Crippen LogP contribution is -2.30. The van der Waals surface area contributed by atoms with Crippen LogP contribution in [0.4, 0.5) is 0 Å². The molecule has 1 rings (SSSR count). The fourth-order valence-corrected chi connectivity index (χ4v) is 5.14. The van der Waals surface area contributed by atoms with Crippen molar-refractivity contribution in [1.82, 2.24) is 4.72 Å². The third kappa shape index (κ3) is 5.80. The number of nitrogens with two attached hydrogens (primary N) is 1. The van der Waals surface area contributed by atoms with Gasteiger partial charge in [-0.3, -0.25) is 0 Å². The molecule has 0 aliphatic carbocycles. The molecule has 0 bridgehead atoms. The zero-order chi connectivity index (χ0) is 15.4. The van der Waals surface area contributed by atoms with Gasteiger partial charge in [0, 0.05) is 16.7 Å². The first-order valence-corrected chi connectivity index (χ1v) is 10.0. The minimum absolute atomic E-state index is 0.146. The van der Waals surface area contributed by atoms with Gasteiger partial charge >= 0.3 is 0 Å². The zero-order valence-corrected chi connectivity index (χ0v) is 13.7. The zero-order valence-electron chi connectivity index (χ0n) is 11.2. The van der Waals surface area contributed by atoms with E-state index in [0.29, 0.717) is 4.90 Å². The van der Waals surface area contributed by atoms with Crippen molar-refractivity contribution in [2.45, 2.75) is 29.7 Å². The number of nitrogens with one attached hydrogen (secondary N) is 1. The predicted octanol–water partition coefficient (Wildman–Crippen LogP) is 0.754. The maximum Gasteiger partial charge on any atom is 0.241 e.